The van der Waals surface area contributed by atoms with Gasteiger partial charge in [0, 0.05) is 24.6 Å². The Morgan fingerprint density at radius 2 is 2.03 bits per heavy atom. The third-order valence-corrected chi connectivity index (χ3v) is 5.61. The summed E-state index contributed by atoms with van der Waals surface area (Å²) >= 11 is 17.2. The minimum absolute atomic E-state index is 0. The van der Waals surface area contributed by atoms with Gasteiger partial charge in [-0.25, -0.2) is 0 Å². The van der Waals surface area contributed by atoms with Crippen molar-refractivity contribution in [1.82, 2.24) is 15.5 Å². The smallest absolute Gasteiger partial charge is 0.295 e. The van der Waals surface area contributed by atoms with Gasteiger partial charge in [-0.3, -0.25) is 4.98 Å². The summed E-state index contributed by atoms with van der Waals surface area (Å²) in [5.41, 5.74) is 1.82. The van der Waals surface area contributed by atoms with Gasteiger partial charge in [-0.2, -0.15) is 0 Å². The largest absolute Gasteiger partial charge is 0.493 e. The highest BCUT2D eigenvalue weighted by Gasteiger charge is 2.27. The van der Waals surface area contributed by atoms with Crippen LogP contribution in [0.4, 0.5) is 0 Å². The Morgan fingerprint density at radius 1 is 1.17 bits per heavy atom. The molecule has 0 saturated carbocycles. The number of hydrogen-bond donors (Lipinski definition) is 2. The molecule has 0 amide bonds. The summed E-state index contributed by atoms with van der Waals surface area (Å²) in [7, 11) is 0. The van der Waals surface area contributed by atoms with E-state index in [1.54, 1.807) is 6.07 Å². The third kappa shape index (κ3) is 5.55. The minimum Gasteiger partial charge on any atom is -0.493 e. The van der Waals surface area contributed by atoms with Crippen molar-refractivity contribution < 1.29 is 14.0 Å². The maximum Gasteiger partial charge on any atom is 0.295 e. The molecule has 10 heteroatoms. The molecule has 0 radical (unpaired) electrons. The molecular formula is C20H20Cl3N3O3S. The summed E-state index contributed by atoms with van der Waals surface area (Å²) in [4.78, 5) is 3.13. The summed E-state index contributed by atoms with van der Waals surface area (Å²) < 4.78 is 17.1. The normalized spacial score (nSPS) is 19.0. The third-order valence-electron chi connectivity index (χ3n) is 4.69. The molecule has 4 rings (SSSR count). The molecule has 0 unspecified atom stereocenters. The molecule has 30 heavy (non-hydrogen) atoms. The van der Waals surface area contributed by atoms with Crippen molar-refractivity contribution in [2.45, 2.75) is 6.10 Å². The van der Waals surface area contributed by atoms with Gasteiger partial charge in [-0.1, -0.05) is 46.6 Å². The Balaban J connectivity index is 0.00000256. The molecule has 0 aliphatic carbocycles. The van der Waals surface area contributed by atoms with E-state index in [2.05, 4.69) is 15.5 Å². The van der Waals surface area contributed by atoms with E-state index in [1.165, 1.54) is 0 Å². The average Bonchev–Trinajstić information content (AvgIpc) is 3.02. The highest BCUT2D eigenvalue weighted by molar-refractivity contribution is 7.71. The molecule has 1 aromatic heterocycles. The number of aromatic nitrogens is 2. The summed E-state index contributed by atoms with van der Waals surface area (Å²) in [5.74, 6) is 1.38. The fraction of sp³-hybridized carbons (Fsp3) is 0.300. The highest BCUT2D eigenvalue weighted by atomic mass is 35.5. The summed E-state index contributed by atoms with van der Waals surface area (Å²) in [5, 5.41) is 8.35. The molecular weight excluding hydrogens is 469 g/mol. The number of H-pyrrole nitrogens is 1. The number of rotatable bonds is 5. The molecule has 2 atom stereocenters. The number of nitrogens with zero attached hydrogens (tertiary/aromatic N) is 1. The van der Waals surface area contributed by atoms with Gasteiger partial charge in [0.2, 0.25) is 0 Å². The maximum atomic E-state index is 6.21. The Labute approximate surface area is 195 Å². The predicted octanol–water partition coefficient (Wildman–Crippen LogP) is 5.48. The van der Waals surface area contributed by atoms with E-state index >= 15 is 0 Å². The van der Waals surface area contributed by atoms with Crippen molar-refractivity contribution in [3.05, 3.63) is 62.9 Å². The van der Waals surface area contributed by atoms with E-state index in [0.29, 0.717) is 29.1 Å². The van der Waals surface area contributed by atoms with Crippen LogP contribution in [0.3, 0.4) is 0 Å². The number of nitrogens with one attached hydrogen (secondary N) is 2. The Hall–Kier alpha value is -1.61. The molecule has 160 valence electrons. The first-order valence-electron chi connectivity index (χ1n) is 9.16. The van der Waals surface area contributed by atoms with Crippen molar-refractivity contribution in [2.24, 2.45) is 5.92 Å². The van der Waals surface area contributed by atoms with Gasteiger partial charge in [-0.05, 0) is 42.0 Å². The quantitative estimate of drug-likeness (QED) is 0.463. The molecule has 6 nitrogen and oxygen atoms in total. The van der Waals surface area contributed by atoms with Crippen LogP contribution in [-0.4, -0.2) is 36.4 Å². The number of aromatic amines is 1. The lowest BCUT2D eigenvalue weighted by atomic mass is 9.96. The van der Waals surface area contributed by atoms with E-state index in [1.807, 2.05) is 36.4 Å². The van der Waals surface area contributed by atoms with Crippen LogP contribution in [0, 0.1) is 10.8 Å². The molecule has 1 fully saturated rings. The molecule has 3 aromatic rings. The first-order valence-corrected chi connectivity index (χ1v) is 10.3. The van der Waals surface area contributed by atoms with Gasteiger partial charge >= 0.3 is 0 Å². The van der Waals surface area contributed by atoms with E-state index in [9.17, 15) is 0 Å². The van der Waals surface area contributed by atoms with Gasteiger partial charge < -0.3 is 19.3 Å². The fourth-order valence-electron chi connectivity index (χ4n) is 3.28. The van der Waals surface area contributed by atoms with E-state index < -0.39 is 0 Å². The number of halogens is 3. The van der Waals surface area contributed by atoms with Gasteiger partial charge in [-0.15, -0.1) is 12.4 Å². The second kappa shape index (κ2) is 10.6. The topological polar surface area (TPSA) is 72.3 Å². The van der Waals surface area contributed by atoms with Crippen LogP contribution in [0.5, 0.6) is 5.75 Å². The zero-order chi connectivity index (χ0) is 20.2. The van der Waals surface area contributed by atoms with Crippen molar-refractivity contribution in [3.8, 4) is 17.1 Å². The van der Waals surface area contributed by atoms with Crippen LogP contribution in [0.1, 0.15) is 11.7 Å². The minimum atomic E-state index is -0.144. The summed E-state index contributed by atoms with van der Waals surface area (Å²) in [6.45, 7) is 2.63. The van der Waals surface area contributed by atoms with Crippen LogP contribution < -0.4 is 10.1 Å². The standard InChI is InChI=1S/C20H19Cl2N3O3S.ClH/c21-16-5-4-12(9-17(16)22)18-14(10-23-6-7-26-18)11-27-15-3-1-2-13(8-15)19-24-20(29)28-25-19;/h1-5,8-9,14,18,23H,6-7,10-11H2,(H,24,25,29);1H/t14-,18-;/m0./s1. The Bertz CT molecular complexity index is 1040. The summed E-state index contributed by atoms with van der Waals surface area (Å²) in [6, 6.07) is 13.2. The molecule has 2 aromatic carbocycles. The molecule has 1 aliphatic heterocycles. The van der Waals surface area contributed by atoms with Gasteiger partial charge in [0.15, 0.2) is 5.82 Å². The maximum absolute atomic E-state index is 6.21. The van der Waals surface area contributed by atoms with Crippen molar-refractivity contribution in [3.63, 3.8) is 0 Å². The fourth-order valence-corrected chi connectivity index (χ4v) is 3.72. The van der Waals surface area contributed by atoms with Gasteiger partial charge in [0.25, 0.3) is 4.84 Å². The first kappa shape index (κ1) is 23.1. The lowest BCUT2D eigenvalue weighted by Gasteiger charge is -2.25. The first-order chi connectivity index (χ1) is 14.1. The monoisotopic (exact) mass is 487 g/mol. The number of ether oxygens (including phenoxy) is 2. The Kier molecular flexibility index (Phi) is 8.16. The molecule has 0 bridgehead atoms. The average molecular weight is 489 g/mol. The van der Waals surface area contributed by atoms with Gasteiger partial charge in [0.05, 0.1) is 29.4 Å². The van der Waals surface area contributed by atoms with Crippen molar-refractivity contribution in [1.29, 1.82) is 0 Å². The zero-order valence-corrected chi connectivity index (χ0v) is 18.9. The molecule has 1 saturated heterocycles. The van der Waals surface area contributed by atoms with Crippen LogP contribution in [0.25, 0.3) is 11.4 Å². The summed E-state index contributed by atoms with van der Waals surface area (Å²) in [6.07, 6.45) is -0.144. The van der Waals surface area contributed by atoms with Crippen LogP contribution in [-0.2, 0) is 4.74 Å². The SMILES string of the molecule is Cl.S=c1[nH]c(-c2cccc(OC[C@@H]3CNCCO[C@H]3c3ccc(Cl)c(Cl)c3)c2)no1. The van der Waals surface area contributed by atoms with Crippen molar-refractivity contribution >= 4 is 47.8 Å². The number of hydrogen-bond acceptors (Lipinski definition) is 6. The van der Waals surface area contributed by atoms with E-state index in [-0.39, 0.29) is 29.3 Å². The van der Waals surface area contributed by atoms with Crippen LogP contribution in [0.15, 0.2) is 47.0 Å². The molecule has 0 spiro atoms. The van der Waals surface area contributed by atoms with E-state index in [4.69, 9.17) is 49.4 Å². The van der Waals surface area contributed by atoms with Crippen LogP contribution >= 0.6 is 47.8 Å². The Morgan fingerprint density at radius 3 is 2.80 bits per heavy atom. The highest BCUT2D eigenvalue weighted by Crippen LogP contribution is 2.32. The second-order valence-corrected chi connectivity index (χ2v) is 7.90. The molecule has 2 heterocycles. The molecule has 2 N–H and O–H groups in total. The lowest BCUT2D eigenvalue weighted by Crippen LogP contribution is -2.29. The zero-order valence-electron chi connectivity index (χ0n) is 15.8. The second-order valence-electron chi connectivity index (χ2n) is 6.71. The molecule has 1 aliphatic rings. The lowest BCUT2D eigenvalue weighted by molar-refractivity contribution is 0.0153. The predicted molar refractivity (Wildman–Crippen MR) is 121 cm³/mol. The number of benzene rings is 2. The van der Waals surface area contributed by atoms with Crippen molar-refractivity contribution in [2.75, 3.05) is 26.3 Å². The van der Waals surface area contributed by atoms with Gasteiger partial charge in [0.1, 0.15) is 5.75 Å². The van der Waals surface area contributed by atoms with Crippen LogP contribution in [0.2, 0.25) is 10.0 Å². The van der Waals surface area contributed by atoms with E-state index in [0.717, 1.165) is 30.0 Å².